The van der Waals surface area contributed by atoms with Crippen molar-refractivity contribution in [1.82, 2.24) is 0 Å². The first kappa shape index (κ1) is 67.8. The zero-order chi connectivity index (χ0) is 53.2. The van der Waals surface area contributed by atoms with Crippen molar-refractivity contribution in [2.24, 2.45) is 0 Å². The molecular weight excluding hydrogens is 1020 g/mol. The lowest BCUT2D eigenvalue weighted by atomic mass is 9.85. The number of ether oxygens (including phenoxy) is 2. The van der Waals surface area contributed by atoms with Gasteiger partial charge in [0.2, 0.25) is 0 Å². The van der Waals surface area contributed by atoms with Crippen LogP contribution in [0.4, 0.5) is 0 Å². The molecular formula is C45H86O22P4. The summed E-state index contributed by atoms with van der Waals surface area (Å²) in [6, 6.07) is 0. The van der Waals surface area contributed by atoms with Gasteiger partial charge in [0.15, 0.2) is 6.10 Å². The largest absolute Gasteiger partial charge is 0.472 e. The van der Waals surface area contributed by atoms with E-state index in [1.165, 1.54) is 64.2 Å². The van der Waals surface area contributed by atoms with Gasteiger partial charge in [-0.15, -0.1) is 0 Å². The lowest BCUT2D eigenvalue weighted by molar-refractivity contribution is -0.209. The quantitative estimate of drug-likeness (QED) is 0.0119. The Morgan fingerprint density at radius 2 is 0.775 bits per heavy atom. The van der Waals surface area contributed by atoms with Crippen molar-refractivity contribution in [3.05, 3.63) is 24.3 Å². The first-order valence-electron chi connectivity index (χ1n) is 25.4. The summed E-state index contributed by atoms with van der Waals surface area (Å²) < 4.78 is 82.2. The molecule has 26 heteroatoms. The molecule has 22 nitrogen and oxygen atoms in total. The number of carbonyl (C=O) groups excluding carboxylic acids is 2. The van der Waals surface area contributed by atoms with Crippen LogP contribution in [-0.4, -0.2) is 112 Å². The molecule has 0 spiro atoms. The van der Waals surface area contributed by atoms with Crippen molar-refractivity contribution in [3.8, 4) is 0 Å². The van der Waals surface area contributed by atoms with Crippen LogP contribution in [0.2, 0.25) is 0 Å². The number of hydrogen-bond acceptors (Lipinski definition) is 15. The summed E-state index contributed by atoms with van der Waals surface area (Å²) >= 11 is 0. The molecule has 9 N–H and O–H groups in total. The zero-order valence-corrected chi connectivity index (χ0v) is 45.3. The minimum atomic E-state index is -5.79. The fourth-order valence-electron chi connectivity index (χ4n) is 7.78. The molecule has 0 radical (unpaired) electrons. The second-order valence-electron chi connectivity index (χ2n) is 18.0. The molecule has 0 aromatic rings. The molecule has 418 valence electrons. The van der Waals surface area contributed by atoms with Crippen LogP contribution in [0.5, 0.6) is 0 Å². The summed E-state index contributed by atoms with van der Waals surface area (Å²) in [7, 11) is -23.0. The van der Waals surface area contributed by atoms with Gasteiger partial charge in [-0.3, -0.25) is 32.2 Å². The highest BCUT2D eigenvalue weighted by molar-refractivity contribution is 7.47. The van der Waals surface area contributed by atoms with Gasteiger partial charge in [-0.2, -0.15) is 0 Å². The fraction of sp³-hybridized carbons (Fsp3) is 0.867. The SMILES string of the molecule is CCCCCC/C=C\CCCCCCCCCC(=O)OC[C@H](COP(=O)(O)OC1C(O)C(OP(=O)(O)O)C(OP(=O)(O)O)[C@@H](OP(=O)(O)O)C1O)OC(=O)CCCCCCC/C=C\CCCCCCCC. The minimum absolute atomic E-state index is 0.0287. The first-order chi connectivity index (χ1) is 33.5. The Kier molecular flexibility index (Phi) is 36.6. The van der Waals surface area contributed by atoms with Crippen LogP contribution >= 0.6 is 31.3 Å². The maximum absolute atomic E-state index is 13.3. The molecule has 0 bridgehead atoms. The maximum Gasteiger partial charge on any atom is 0.472 e. The Balaban J connectivity index is 2.88. The lowest BCUT2D eigenvalue weighted by Crippen LogP contribution is -2.65. The van der Waals surface area contributed by atoms with Crippen LogP contribution in [0, 0.1) is 0 Å². The molecule has 8 atom stereocenters. The lowest BCUT2D eigenvalue weighted by Gasteiger charge is -2.45. The van der Waals surface area contributed by atoms with Crippen molar-refractivity contribution in [2.75, 3.05) is 13.2 Å². The van der Waals surface area contributed by atoms with E-state index < -0.39 is 99.2 Å². The molecule has 0 aliphatic heterocycles. The highest BCUT2D eigenvalue weighted by atomic mass is 31.2. The van der Waals surface area contributed by atoms with Gasteiger partial charge in [0.1, 0.15) is 43.2 Å². The molecule has 0 aromatic heterocycles. The molecule has 0 heterocycles. The van der Waals surface area contributed by atoms with Gasteiger partial charge < -0.3 is 53.9 Å². The molecule has 1 saturated carbocycles. The minimum Gasteiger partial charge on any atom is -0.462 e. The Morgan fingerprint density at radius 3 is 1.17 bits per heavy atom. The molecule has 0 aromatic carbocycles. The topological polar surface area (TPSA) is 349 Å². The van der Waals surface area contributed by atoms with Crippen LogP contribution in [0.3, 0.4) is 0 Å². The predicted molar refractivity (Wildman–Crippen MR) is 263 cm³/mol. The van der Waals surface area contributed by atoms with Crippen LogP contribution < -0.4 is 0 Å². The smallest absolute Gasteiger partial charge is 0.462 e. The van der Waals surface area contributed by atoms with Crippen LogP contribution in [0.15, 0.2) is 24.3 Å². The van der Waals surface area contributed by atoms with Crippen LogP contribution in [0.25, 0.3) is 0 Å². The summed E-state index contributed by atoms with van der Waals surface area (Å²) in [5.41, 5.74) is 0. The van der Waals surface area contributed by atoms with Gasteiger partial charge in [0, 0.05) is 12.8 Å². The Labute approximate surface area is 420 Å². The molecule has 6 unspecified atom stereocenters. The number of carbonyl (C=O) groups is 2. The Bertz CT molecular complexity index is 1650. The molecule has 1 aliphatic carbocycles. The van der Waals surface area contributed by atoms with Crippen molar-refractivity contribution < 1.29 is 104 Å². The number of hydrogen-bond donors (Lipinski definition) is 9. The second kappa shape index (κ2) is 38.3. The summed E-state index contributed by atoms with van der Waals surface area (Å²) in [5, 5.41) is 21.9. The Morgan fingerprint density at radius 1 is 0.437 bits per heavy atom. The standard InChI is InChI=1S/C45H86O22P4/c1-3-5-7-9-11-13-15-17-19-21-23-25-27-29-31-33-38(46)61-35-37(63-39(47)34-32-30-28-26-24-22-20-18-16-14-12-10-8-6-4-2)36-62-71(59,60)67-42-40(48)43(64-68(50,51)52)45(66-70(56,57)58)44(41(42)49)65-69(53,54)55/h13,15,18,20,37,40-45,48-49H,3-12,14,16-17,19,21-36H2,1-2H3,(H,59,60)(H2,50,51,52)(H2,53,54,55)(H2,56,57,58)/b15-13-,20-18-/t37-,40?,41?,42?,43+,44?,45?/m1/s1. The fourth-order valence-corrected chi connectivity index (χ4v) is 10.4. The van der Waals surface area contributed by atoms with Gasteiger partial charge in [0.25, 0.3) is 0 Å². The van der Waals surface area contributed by atoms with Gasteiger partial charge in [-0.05, 0) is 64.2 Å². The highest BCUT2D eigenvalue weighted by Crippen LogP contribution is 2.53. The van der Waals surface area contributed by atoms with Gasteiger partial charge in [-0.25, -0.2) is 18.3 Å². The number of unbranched alkanes of at least 4 members (excludes halogenated alkanes) is 22. The van der Waals surface area contributed by atoms with Gasteiger partial charge in [-0.1, -0.05) is 141 Å². The predicted octanol–water partition coefficient (Wildman–Crippen LogP) is 9.19. The van der Waals surface area contributed by atoms with E-state index in [-0.39, 0.29) is 12.8 Å². The number of rotatable bonds is 44. The monoisotopic (exact) mass is 1100 g/mol. The van der Waals surface area contributed by atoms with Crippen molar-refractivity contribution in [1.29, 1.82) is 0 Å². The maximum atomic E-state index is 13.3. The Hall–Kier alpha value is -1.22. The van der Waals surface area contributed by atoms with E-state index in [4.69, 9.17) is 18.5 Å². The van der Waals surface area contributed by atoms with Gasteiger partial charge >= 0.3 is 43.2 Å². The average Bonchev–Trinajstić information content (AvgIpc) is 3.27. The molecule has 1 rings (SSSR count). The van der Waals surface area contributed by atoms with Crippen molar-refractivity contribution >= 4 is 43.2 Å². The highest BCUT2D eigenvalue weighted by Gasteiger charge is 2.59. The second-order valence-corrected chi connectivity index (χ2v) is 22.9. The average molecular weight is 1100 g/mol. The number of esters is 2. The van der Waals surface area contributed by atoms with Crippen molar-refractivity contribution in [3.63, 3.8) is 0 Å². The number of aliphatic hydroxyl groups is 2. The number of aliphatic hydroxyl groups excluding tert-OH is 2. The van der Waals surface area contributed by atoms with E-state index in [1.807, 2.05) is 0 Å². The molecule has 1 fully saturated rings. The number of allylic oxidation sites excluding steroid dienone is 4. The third-order valence-corrected chi connectivity index (χ3v) is 14.0. The van der Waals surface area contributed by atoms with E-state index in [9.17, 15) is 72.3 Å². The van der Waals surface area contributed by atoms with E-state index in [2.05, 4.69) is 51.7 Å². The van der Waals surface area contributed by atoms with Crippen LogP contribution in [-0.2, 0) is 59.9 Å². The van der Waals surface area contributed by atoms with Gasteiger partial charge in [0.05, 0.1) is 6.61 Å². The third kappa shape index (κ3) is 36.4. The summed E-state index contributed by atoms with van der Waals surface area (Å²) in [6.07, 6.45) is 18.1. The zero-order valence-electron chi connectivity index (χ0n) is 41.7. The van der Waals surface area contributed by atoms with E-state index in [1.54, 1.807) is 0 Å². The summed E-state index contributed by atoms with van der Waals surface area (Å²) in [6.45, 7) is 2.74. The number of phosphoric acid groups is 4. The van der Waals surface area contributed by atoms with E-state index in [0.717, 1.165) is 83.5 Å². The first-order valence-corrected chi connectivity index (χ1v) is 31.5. The molecule has 0 amide bonds. The van der Waals surface area contributed by atoms with E-state index >= 15 is 0 Å². The number of phosphoric ester groups is 4. The van der Waals surface area contributed by atoms with Crippen LogP contribution in [0.1, 0.15) is 194 Å². The normalized spacial score (nSPS) is 21.5. The summed E-state index contributed by atoms with van der Waals surface area (Å²) in [4.78, 5) is 92.9. The van der Waals surface area contributed by atoms with Crippen molar-refractivity contribution in [2.45, 2.75) is 236 Å². The molecule has 0 saturated heterocycles. The summed E-state index contributed by atoms with van der Waals surface area (Å²) in [5.74, 6) is -1.41. The molecule has 1 aliphatic rings. The van der Waals surface area contributed by atoms with E-state index in [0.29, 0.717) is 19.3 Å². The third-order valence-electron chi connectivity index (χ3n) is 11.5. The molecule has 71 heavy (non-hydrogen) atoms.